The summed E-state index contributed by atoms with van der Waals surface area (Å²) in [4.78, 5) is 22.4. The molecule has 0 radical (unpaired) electrons. The Morgan fingerprint density at radius 1 is 1.23 bits per heavy atom. The molecule has 0 spiro atoms. The maximum Gasteiger partial charge on any atom is 0.374 e. The Labute approximate surface area is 78.5 Å². The van der Waals surface area contributed by atoms with Crippen LogP contribution in [0.1, 0.15) is 32.6 Å². The molecule has 0 amide bonds. The van der Waals surface area contributed by atoms with Crippen LogP contribution in [0.3, 0.4) is 0 Å². The van der Waals surface area contributed by atoms with Crippen LogP contribution in [0.25, 0.3) is 0 Å². The first kappa shape index (κ1) is 10.2. The summed E-state index contributed by atoms with van der Waals surface area (Å²) in [7, 11) is 1.26. The maximum atomic E-state index is 11.5. The number of carbonyl (C=O) groups is 2. The van der Waals surface area contributed by atoms with Crippen molar-refractivity contribution in [2.24, 2.45) is 11.8 Å². The zero-order valence-corrected chi connectivity index (χ0v) is 8.21. The second-order valence-corrected chi connectivity index (χ2v) is 3.72. The molecule has 1 aliphatic rings. The summed E-state index contributed by atoms with van der Waals surface area (Å²) in [6.45, 7) is 2.03. The number of Topliss-reactive ketones (excluding diaryl/α,β-unsaturated/α-hetero) is 1. The number of carbonyl (C=O) groups excluding carboxylic acids is 2. The first-order valence-corrected chi connectivity index (χ1v) is 4.79. The lowest BCUT2D eigenvalue weighted by Crippen LogP contribution is -2.31. The summed E-state index contributed by atoms with van der Waals surface area (Å²) in [6, 6.07) is 0. The molecule has 13 heavy (non-hydrogen) atoms. The van der Waals surface area contributed by atoms with Crippen LogP contribution < -0.4 is 0 Å². The number of ether oxygens (including phenoxy) is 1. The molecule has 74 valence electrons. The van der Waals surface area contributed by atoms with Crippen LogP contribution in [0.4, 0.5) is 0 Å². The highest BCUT2D eigenvalue weighted by Gasteiger charge is 2.32. The van der Waals surface area contributed by atoms with Gasteiger partial charge in [-0.3, -0.25) is 4.79 Å². The predicted octanol–water partition coefficient (Wildman–Crippen LogP) is 1.55. The molecular weight excluding hydrogens is 168 g/mol. The van der Waals surface area contributed by atoms with E-state index in [0.29, 0.717) is 5.92 Å². The van der Waals surface area contributed by atoms with E-state index in [-0.39, 0.29) is 11.7 Å². The Hall–Kier alpha value is -0.860. The highest BCUT2D eigenvalue weighted by molar-refractivity contribution is 6.34. The maximum absolute atomic E-state index is 11.5. The van der Waals surface area contributed by atoms with Gasteiger partial charge in [0.1, 0.15) is 0 Å². The SMILES string of the molecule is COC(=O)C(=O)C1CCCCC1C. The van der Waals surface area contributed by atoms with Crippen molar-refractivity contribution in [1.82, 2.24) is 0 Å². The van der Waals surface area contributed by atoms with Gasteiger partial charge in [-0.15, -0.1) is 0 Å². The fourth-order valence-corrected chi connectivity index (χ4v) is 1.96. The molecule has 1 rings (SSSR count). The molecule has 2 atom stereocenters. The van der Waals surface area contributed by atoms with E-state index in [1.54, 1.807) is 0 Å². The first-order chi connectivity index (χ1) is 6.16. The van der Waals surface area contributed by atoms with Gasteiger partial charge in [0.15, 0.2) is 0 Å². The van der Waals surface area contributed by atoms with Gasteiger partial charge in [-0.1, -0.05) is 26.2 Å². The van der Waals surface area contributed by atoms with Crippen molar-refractivity contribution >= 4 is 11.8 Å². The second kappa shape index (κ2) is 4.40. The zero-order chi connectivity index (χ0) is 9.84. The molecule has 0 aromatic heterocycles. The van der Waals surface area contributed by atoms with Crippen molar-refractivity contribution in [2.75, 3.05) is 7.11 Å². The van der Waals surface area contributed by atoms with Gasteiger partial charge in [0.25, 0.3) is 0 Å². The van der Waals surface area contributed by atoms with Gasteiger partial charge in [-0.25, -0.2) is 4.79 Å². The van der Waals surface area contributed by atoms with E-state index in [1.165, 1.54) is 13.5 Å². The van der Waals surface area contributed by atoms with Crippen molar-refractivity contribution in [1.29, 1.82) is 0 Å². The van der Waals surface area contributed by atoms with Crippen LogP contribution in [0.5, 0.6) is 0 Å². The lowest BCUT2D eigenvalue weighted by molar-refractivity contribution is -0.154. The topological polar surface area (TPSA) is 43.4 Å². The Bertz CT molecular complexity index is 210. The molecule has 2 unspecified atom stereocenters. The van der Waals surface area contributed by atoms with Crippen LogP contribution in [0.15, 0.2) is 0 Å². The van der Waals surface area contributed by atoms with E-state index < -0.39 is 5.97 Å². The summed E-state index contributed by atoms with van der Waals surface area (Å²) in [5, 5.41) is 0. The summed E-state index contributed by atoms with van der Waals surface area (Å²) >= 11 is 0. The molecule has 1 fully saturated rings. The van der Waals surface area contributed by atoms with Crippen molar-refractivity contribution in [3.05, 3.63) is 0 Å². The number of hydrogen-bond donors (Lipinski definition) is 0. The molecule has 0 aromatic carbocycles. The van der Waals surface area contributed by atoms with Gasteiger partial charge >= 0.3 is 5.97 Å². The molecule has 0 aliphatic heterocycles. The molecular formula is C10H16O3. The van der Waals surface area contributed by atoms with Crippen LogP contribution in [-0.4, -0.2) is 18.9 Å². The Morgan fingerprint density at radius 2 is 1.85 bits per heavy atom. The molecule has 3 heteroatoms. The highest BCUT2D eigenvalue weighted by Crippen LogP contribution is 2.30. The lowest BCUT2D eigenvalue weighted by Gasteiger charge is -2.26. The number of hydrogen-bond acceptors (Lipinski definition) is 3. The lowest BCUT2D eigenvalue weighted by atomic mass is 9.78. The number of esters is 1. The highest BCUT2D eigenvalue weighted by atomic mass is 16.5. The first-order valence-electron chi connectivity index (χ1n) is 4.79. The average molecular weight is 184 g/mol. The largest absolute Gasteiger partial charge is 0.463 e. The third-order valence-corrected chi connectivity index (χ3v) is 2.83. The van der Waals surface area contributed by atoms with Crippen LogP contribution in [0.2, 0.25) is 0 Å². The van der Waals surface area contributed by atoms with E-state index >= 15 is 0 Å². The number of rotatable bonds is 2. The van der Waals surface area contributed by atoms with Crippen molar-refractivity contribution in [3.8, 4) is 0 Å². The molecule has 0 bridgehead atoms. The van der Waals surface area contributed by atoms with Gasteiger partial charge < -0.3 is 4.74 Å². The van der Waals surface area contributed by atoms with Crippen molar-refractivity contribution in [2.45, 2.75) is 32.6 Å². The van der Waals surface area contributed by atoms with Crippen LogP contribution >= 0.6 is 0 Å². The Morgan fingerprint density at radius 3 is 2.38 bits per heavy atom. The fourth-order valence-electron chi connectivity index (χ4n) is 1.96. The van der Waals surface area contributed by atoms with Crippen LogP contribution in [0, 0.1) is 11.8 Å². The third kappa shape index (κ3) is 2.29. The minimum atomic E-state index is -0.682. The van der Waals surface area contributed by atoms with Gasteiger partial charge in [-0.2, -0.15) is 0 Å². The van der Waals surface area contributed by atoms with E-state index in [9.17, 15) is 9.59 Å². The van der Waals surface area contributed by atoms with Gasteiger partial charge in [0.05, 0.1) is 7.11 Å². The van der Waals surface area contributed by atoms with E-state index in [1.807, 2.05) is 6.92 Å². The third-order valence-electron chi connectivity index (χ3n) is 2.83. The molecule has 0 N–H and O–H groups in total. The number of methoxy groups -OCH3 is 1. The number of ketones is 1. The monoisotopic (exact) mass is 184 g/mol. The molecule has 1 saturated carbocycles. The predicted molar refractivity (Wildman–Crippen MR) is 48.1 cm³/mol. The van der Waals surface area contributed by atoms with Gasteiger partial charge in [-0.05, 0) is 12.3 Å². The second-order valence-electron chi connectivity index (χ2n) is 3.72. The molecule has 0 heterocycles. The van der Waals surface area contributed by atoms with Crippen LogP contribution in [-0.2, 0) is 14.3 Å². The van der Waals surface area contributed by atoms with E-state index in [0.717, 1.165) is 19.3 Å². The Balaban J connectivity index is 2.58. The van der Waals surface area contributed by atoms with Crippen molar-refractivity contribution in [3.63, 3.8) is 0 Å². The normalized spacial score (nSPS) is 28.2. The van der Waals surface area contributed by atoms with Gasteiger partial charge in [0.2, 0.25) is 5.78 Å². The van der Waals surface area contributed by atoms with Crippen molar-refractivity contribution < 1.29 is 14.3 Å². The molecule has 1 aliphatic carbocycles. The average Bonchev–Trinajstić information content (AvgIpc) is 2.16. The molecule has 3 nitrogen and oxygen atoms in total. The van der Waals surface area contributed by atoms with E-state index in [4.69, 9.17) is 0 Å². The summed E-state index contributed by atoms with van der Waals surface area (Å²) < 4.78 is 4.43. The smallest absolute Gasteiger partial charge is 0.374 e. The molecule has 0 saturated heterocycles. The Kier molecular flexibility index (Phi) is 3.46. The van der Waals surface area contributed by atoms with Gasteiger partial charge in [0, 0.05) is 5.92 Å². The molecule has 0 aromatic rings. The summed E-state index contributed by atoms with van der Waals surface area (Å²) in [6.07, 6.45) is 4.12. The standard InChI is InChI=1S/C10H16O3/c1-7-5-3-4-6-8(7)9(11)10(12)13-2/h7-8H,3-6H2,1-2H3. The zero-order valence-electron chi connectivity index (χ0n) is 8.21. The minimum absolute atomic E-state index is 0.0961. The quantitative estimate of drug-likeness (QED) is 0.483. The minimum Gasteiger partial charge on any atom is -0.463 e. The summed E-state index contributed by atoms with van der Waals surface area (Å²) in [5.74, 6) is -0.782. The summed E-state index contributed by atoms with van der Waals surface area (Å²) in [5.41, 5.74) is 0. The van der Waals surface area contributed by atoms with E-state index in [2.05, 4.69) is 4.74 Å². The fraction of sp³-hybridized carbons (Fsp3) is 0.800.